The van der Waals surface area contributed by atoms with Crippen LogP contribution in [0.1, 0.15) is 11.1 Å². The number of rotatable bonds is 2. The zero-order valence-corrected chi connectivity index (χ0v) is 10.7. The predicted molar refractivity (Wildman–Crippen MR) is 68.9 cm³/mol. The largest absolute Gasteiger partial charge is 0.325 e. The van der Waals surface area contributed by atoms with Crippen molar-refractivity contribution in [1.29, 1.82) is 0 Å². The molecule has 0 amide bonds. The van der Waals surface area contributed by atoms with Gasteiger partial charge in [-0.15, -0.1) is 0 Å². The number of hydrogen-bond donors (Lipinski definition) is 1. The summed E-state index contributed by atoms with van der Waals surface area (Å²) in [5.74, 6) is 1.61. The fourth-order valence-electron chi connectivity index (χ4n) is 1.42. The van der Waals surface area contributed by atoms with Gasteiger partial charge in [0.05, 0.1) is 0 Å². The lowest BCUT2D eigenvalue weighted by atomic mass is 10.3. The normalized spacial score (nSPS) is 10.2. The lowest BCUT2D eigenvalue weighted by molar-refractivity contribution is 1.20. The predicted octanol–water partition coefficient (Wildman–Crippen LogP) is 3.60. The minimum atomic E-state index is 0.796. The summed E-state index contributed by atoms with van der Waals surface area (Å²) < 4.78 is 0.822. The third-order valence-corrected chi connectivity index (χ3v) is 2.52. The first-order valence-electron chi connectivity index (χ1n) is 4.97. The van der Waals surface area contributed by atoms with Crippen LogP contribution < -0.4 is 5.32 Å². The minimum absolute atomic E-state index is 0.796. The Bertz CT molecular complexity index is 491. The molecule has 82 valence electrons. The van der Waals surface area contributed by atoms with E-state index in [4.69, 9.17) is 0 Å². The van der Waals surface area contributed by atoms with E-state index < -0.39 is 0 Å². The van der Waals surface area contributed by atoms with Crippen LogP contribution in [0.3, 0.4) is 0 Å². The molecule has 0 radical (unpaired) electrons. The molecule has 0 atom stereocenters. The molecule has 0 spiro atoms. The highest BCUT2D eigenvalue weighted by atomic mass is 79.9. The summed E-state index contributed by atoms with van der Waals surface area (Å²) in [5, 5.41) is 3.17. The maximum Gasteiger partial charge on any atom is 0.133 e. The van der Waals surface area contributed by atoms with Crippen LogP contribution in [0.15, 0.2) is 35.1 Å². The molecule has 2 rings (SSSR count). The highest BCUT2D eigenvalue weighted by Crippen LogP contribution is 2.18. The number of nitrogens with zero attached hydrogens (tertiary/aromatic N) is 2. The Morgan fingerprint density at radius 3 is 2.50 bits per heavy atom. The minimum Gasteiger partial charge on any atom is -0.325 e. The molecule has 0 saturated heterocycles. The molecule has 1 N–H and O–H groups in total. The molecule has 0 aliphatic carbocycles. The lowest BCUT2D eigenvalue weighted by Gasteiger charge is -2.06. The first-order valence-corrected chi connectivity index (χ1v) is 5.77. The fraction of sp³-hybridized carbons (Fsp3) is 0.167. The second kappa shape index (κ2) is 4.61. The average molecular weight is 278 g/mol. The lowest BCUT2D eigenvalue weighted by Crippen LogP contribution is -1.97. The zero-order chi connectivity index (χ0) is 11.5. The van der Waals surface area contributed by atoms with Gasteiger partial charge in [-0.05, 0) is 65.2 Å². The van der Waals surface area contributed by atoms with Crippen molar-refractivity contribution in [2.45, 2.75) is 13.8 Å². The zero-order valence-electron chi connectivity index (χ0n) is 9.16. The number of nitrogens with one attached hydrogen (secondary N) is 1. The molecule has 3 nitrogen and oxygen atoms in total. The molecule has 0 bridgehead atoms. The summed E-state index contributed by atoms with van der Waals surface area (Å²) in [6, 6.07) is 7.90. The van der Waals surface area contributed by atoms with Crippen LogP contribution in [-0.2, 0) is 0 Å². The molecule has 16 heavy (non-hydrogen) atoms. The van der Waals surface area contributed by atoms with Crippen LogP contribution in [0.25, 0.3) is 0 Å². The Morgan fingerprint density at radius 2 is 1.81 bits per heavy atom. The number of aromatic nitrogens is 2. The monoisotopic (exact) mass is 277 g/mol. The number of anilines is 2. The average Bonchev–Trinajstić information content (AvgIpc) is 2.15. The van der Waals surface area contributed by atoms with Crippen molar-refractivity contribution in [2.75, 3.05) is 5.32 Å². The highest BCUT2D eigenvalue weighted by Gasteiger charge is 2.00. The summed E-state index contributed by atoms with van der Waals surface area (Å²) in [6.45, 7) is 4.06. The van der Waals surface area contributed by atoms with E-state index in [1.54, 1.807) is 6.20 Å². The molecule has 0 aliphatic rings. The maximum atomic E-state index is 4.32. The molecule has 2 aromatic rings. The second-order valence-electron chi connectivity index (χ2n) is 3.70. The van der Waals surface area contributed by atoms with E-state index in [2.05, 4.69) is 31.2 Å². The van der Waals surface area contributed by atoms with Crippen molar-refractivity contribution in [2.24, 2.45) is 0 Å². The molecule has 0 fully saturated rings. The Kier molecular flexibility index (Phi) is 3.19. The quantitative estimate of drug-likeness (QED) is 0.853. The number of halogens is 1. The van der Waals surface area contributed by atoms with E-state index in [9.17, 15) is 0 Å². The Balaban J connectivity index is 2.27. The Labute approximate surface area is 103 Å². The third kappa shape index (κ3) is 2.79. The van der Waals surface area contributed by atoms with Gasteiger partial charge in [0.25, 0.3) is 0 Å². The van der Waals surface area contributed by atoms with Gasteiger partial charge in [0.2, 0.25) is 0 Å². The van der Waals surface area contributed by atoms with Gasteiger partial charge in [-0.2, -0.15) is 0 Å². The summed E-state index contributed by atoms with van der Waals surface area (Å²) >= 11 is 3.37. The SMILES string of the molecule is Cc1ccnc(Nc2cc(C)cc(Br)n2)c1. The van der Waals surface area contributed by atoms with Crippen LogP contribution in [0.4, 0.5) is 11.6 Å². The van der Waals surface area contributed by atoms with Crippen LogP contribution in [0.5, 0.6) is 0 Å². The van der Waals surface area contributed by atoms with Gasteiger partial charge in [-0.25, -0.2) is 9.97 Å². The van der Waals surface area contributed by atoms with Gasteiger partial charge in [-0.1, -0.05) is 0 Å². The molecular formula is C12H12BrN3. The summed E-state index contributed by atoms with van der Waals surface area (Å²) in [7, 11) is 0. The van der Waals surface area contributed by atoms with E-state index in [-0.39, 0.29) is 0 Å². The van der Waals surface area contributed by atoms with Crippen LogP contribution in [0.2, 0.25) is 0 Å². The van der Waals surface area contributed by atoms with E-state index in [0.717, 1.165) is 21.8 Å². The second-order valence-corrected chi connectivity index (χ2v) is 4.51. The van der Waals surface area contributed by atoms with Crippen molar-refractivity contribution in [3.63, 3.8) is 0 Å². The topological polar surface area (TPSA) is 37.8 Å². The molecule has 0 aliphatic heterocycles. The van der Waals surface area contributed by atoms with Crippen molar-refractivity contribution in [3.8, 4) is 0 Å². The van der Waals surface area contributed by atoms with E-state index in [0.29, 0.717) is 0 Å². The highest BCUT2D eigenvalue weighted by molar-refractivity contribution is 9.10. The van der Waals surface area contributed by atoms with Gasteiger partial charge in [-0.3, -0.25) is 0 Å². The van der Waals surface area contributed by atoms with Crippen LogP contribution in [0, 0.1) is 13.8 Å². The summed E-state index contributed by atoms with van der Waals surface area (Å²) in [4.78, 5) is 8.55. The Morgan fingerprint density at radius 1 is 1.06 bits per heavy atom. The first-order chi connectivity index (χ1) is 7.63. The van der Waals surface area contributed by atoms with Crippen molar-refractivity contribution in [1.82, 2.24) is 9.97 Å². The number of aryl methyl sites for hydroxylation is 2. The van der Waals surface area contributed by atoms with Crippen molar-refractivity contribution in [3.05, 3.63) is 46.2 Å². The number of hydrogen-bond acceptors (Lipinski definition) is 3. The fourth-order valence-corrected chi connectivity index (χ4v) is 1.98. The standard InChI is InChI=1S/C12H12BrN3/c1-8-3-4-14-11(6-8)16-12-7-9(2)5-10(13)15-12/h3-7H,1-2H3,(H,14,15,16). The van der Waals surface area contributed by atoms with Crippen LogP contribution >= 0.6 is 15.9 Å². The van der Waals surface area contributed by atoms with Crippen LogP contribution in [-0.4, -0.2) is 9.97 Å². The third-order valence-electron chi connectivity index (χ3n) is 2.11. The first kappa shape index (κ1) is 11.1. The van der Waals surface area contributed by atoms with Gasteiger partial charge in [0.15, 0.2) is 0 Å². The van der Waals surface area contributed by atoms with Gasteiger partial charge < -0.3 is 5.32 Å². The Hall–Kier alpha value is -1.42. The summed E-state index contributed by atoms with van der Waals surface area (Å²) in [6.07, 6.45) is 1.78. The number of pyridine rings is 2. The van der Waals surface area contributed by atoms with Gasteiger partial charge >= 0.3 is 0 Å². The molecule has 2 heterocycles. The summed E-state index contributed by atoms with van der Waals surface area (Å²) in [5.41, 5.74) is 2.32. The van der Waals surface area contributed by atoms with E-state index >= 15 is 0 Å². The van der Waals surface area contributed by atoms with Gasteiger partial charge in [0.1, 0.15) is 16.2 Å². The van der Waals surface area contributed by atoms with Crippen molar-refractivity contribution < 1.29 is 0 Å². The molecular weight excluding hydrogens is 266 g/mol. The smallest absolute Gasteiger partial charge is 0.133 e. The van der Waals surface area contributed by atoms with E-state index in [1.165, 1.54) is 5.56 Å². The molecule has 0 unspecified atom stereocenters. The molecule has 4 heteroatoms. The maximum absolute atomic E-state index is 4.32. The molecule has 0 saturated carbocycles. The van der Waals surface area contributed by atoms with Gasteiger partial charge in [0, 0.05) is 6.20 Å². The molecule has 0 aromatic carbocycles. The molecule has 2 aromatic heterocycles. The van der Waals surface area contributed by atoms with E-state index in [1.807, 2.05) is 38.1 Å². The van der Waals surface area contributed by atoms with Crippen molar-refractivity contribution >= 4 is 27.6 Å².